The van der Waals surface area contributed by atoms with Crippen molar-refractivity contribution < 1.29 is 22.7 Å². The second kappa shape index (κ2) is 14.5. The second-order valence-electron chi connectivity index (χ2n) is 10.2. The highest BCUT2D eigenvalue weighted by molar-refractivity contribution is 9.10. The Kier molecular flexibility index (Phi) is 11.4. The van der Waals surface area contributed by atoms with E-state index < -0.39 is 28.5 Å². The summed E-state index contributed by atoms with van der Waals surface area (Å²) in [6.07, 6.45) is 0. The van der Waals surface area contributed by atoms with Gasteiger partial charge in [0.15, 0.2) is 0 Å². The van der Waals surface area contributed by atoms with Gasteiger partial charge in [0.1, 0.15) is 18.3 Å². The fourth-order valence-corrected chi connectivity index (χ4v) is 5.74. The molecule has 10 heteroatoms. The minimum Gasteiger partial charge on any atom is -0.494 e. The Morgan fingerprint density at radius 3 is 2.10 bits per heavy atom. The lowest BCUT2D eigenvalue weighted by Gasteiger charge is -2.32. The number of aryl methyl sites for hydroxylation is 1. The lowest BCUT2D eigenvalue weighted by atomic mass is 10.1. The molecule has 0 heterocycles. The average Bonchev–Trinajstić information content (AvgIpc) is 2.94. The minimum absolute atomic E-state index is 0.0620. The number of benzene rings is 3. The van der Waals surface area contributed by atoms with Crippen molar-refractivity contribution in [2.24, 2.45) is 5.92 Å². The minimum atomic E-state index is -4.13. The fraction of sp³-hybridized carbons (Fsp3) is 0.355. The van der Waals surface area contributed by atoms with Crippen LogP contribution in [0.15, 0.2) is 82.2 Å². The van der Waals surface area contributed by atoms with E-state index in [1.807, 2.05) is 52.0 Å². The van der Waals surface area contributed by atoms with Crippen molar-refractivity contribution in [3.05, 3.63) is 88.4 Å². The maximum atomic E-state index is 14.0. The van der Waals surface area contributed by atoms with Gasteiger partial charge in [0.05, 0.1) is 17.2 Å². The van der Waals surface area contributed by atoms with Crippen molar-refractivity contribution in [1.29, 1.82) is 0 Å². The SMILES string of the molecule is CCOc1ccc(N(CC(=O)N(Cc2ccc(Br)cc2)[C@@H](C)C(=O)NCC(C)C)S(=O)(=O)c2ccc(C)cc2)cc1. The van der Waals surface area contributed by atoms with Crippen LogP contribution in [0.1, 0.15) is 38.8 Å². The van der Waals surface area contributed by atoms with Crippen LogP contribution in [0.4, 0.5) is 5.69 Å². The molecule has 0 unspecified atom stereocenters. The number of anilines is 1. The summed E-state index contributed by atoms with van der Waals surface area (Å²) < 4.78 is 35.4. The predicted octanol–water partition coefficient (Wildman–Crippen LogP) is 5.54. The predicted molar refractivity (Wildman–Crippen MR) is 165 cm³/mol. The summed E-state index contributed by atoms with van der Waals surface area (Å²) in [6, 6.07) is 19.6. The molecule has 0 aliphatic carbocycles. The first-order chi connectivity index (χ1) is 19.4. The first kappa shape index (κ1) is 32.1. The lowest BCUT2D eigenvalue weighted by Crippen LogP contribution is -2.51. The molecule has 0 spiro atoms. The molecule has 0 fully saturated rings. The zero-order valence-corrected chi connectivity index (χ0v) is 26.5. The number of nitrogens with one attached hydrogen (secondary N) is 1. The molecule has 0 radical (unpaired) electrons. The standard InChI is InChI=1S/C31H38BrN3O5S/c1-6-40-28-15-13-27(14-16-28)35(41(38,39)29-17-7-23(4)8-18-29)21-30(36)34(20-25-9-11-26(32)12-10-25)24(5)31(37)33-19-22(2)3/h7-18,22,24H,6,19-21H2,1-5H3,(H,33,37)/t24-/m0/s1. The zero-order chi connectivity index (χ0) is 30.2. The Morgan fingerprint density at radius 2 is 1.54 bits per heavy atom. The van der Waals surface area contributed by atoms with E-state index in [2.05, 4.69) is 21.2 Å². The van der Waals surface area contributed by atoms with E-state index in [1.165, 1.54) is 17.0 Å². The Hall–Kier alpha value is -3.37. The van der Waals surface area contributed by atoms with Gasteiger partial charge in [-0.15, -0.1) is 0 Å². The summed E-state index contributed by atoms with van der Waals surface area (Å²) in [5.74, 6) is 0.00186. The number of rotatable bonds is 13. The van der Waals surface area contributed by atoms with E-state index in [0.29, 0.717) is 24.6 Å². The second-order valence-corrected chi connectivity index (χ2v) is 13.0. The van der Waals surface area contributed by atoms with Crippen molar-refractivity contribution in [2.45, 2.75) is 52.1 Å². The van der Waals surface area contributed by atoms with E-state index in [-0.39, 0.29) is 23.3 Å². The normalized spacial score (nSPS) is 12.1. The monoisotopic (exact) mass is 643 g/mol. The van der Waals surface area contributed by atoms with Gasteiger partial charge in [0.2, 0.25) is 11.8 Å². The molecule has 0 saturated heterocycles. The van der Waals surface area contributed by atoms with Crippen LogP contribution >= 0.6 is 15.9 Å². The van der Waals surface area contributed by atoms with Crippen LogP contribution in [0.25, 0.3) is 0 Å². The van der Waals surface area contributed by atoms with Gasteiger partial charge in [-0.05, 0) is 80.8 Å². The first-order valence-electron chi connectivity index (χ1n) is 13.6. The van der Waals surface area contributed by atoms with Crippen molar-refractivity contribution in [3.63, 3.8) is 0 Å². The summed E-state index contributed by atoms with van der Waals surface area (Å²) in [4.78, 5) is 28.6. The number of ether oxygens (including phenoxy) is 1. The summed E-state index contributed by atoms with van der Waals surface area (Å²) in [6.45, 7) is 9.92. The number of carbonyl (C=O) groups is 2. The van der Waals surface area contributed by atoms with E-state index in [0.717, 1.165) is 19.9 Å². The van der Waals surface area contributed by atoms with Gasteiger partial charge >= 0.3 is 0 Å². The molecule has 1 atom stereocenters. The quantitative estimate of drug-likeness (QED) is 0.264. The molecule has 220 valence electrons. The molecule has 8 nitrogen and oxygen atoms in total. The summed E-state index contributed by atoms with van der Waals surface area (Å²) in [7, 11) is -4.13. The maximum Gasteiger partial charge on any atom is 0.264 e. The molecule has 1 N–H and O–H groups in total. The van der Waals surface area contributed by atoms with Gasteiger partial charge in [-0.1, -0.05) is 59.6 Å². The Morgan fingerprint density at radius 1 is 0.927 bits per heavy atom. The summed E-state index contributed by atoms with van der Waals surface area (Å²) in [5.41, 5.74) is 2.02. The lowest BCUT2D eigenvalue weighted by molar-refractivity contribution is -0.139. The van der Waals surface area contributed by atoms with Crippen LogP contribution in [-0.2, 0) is 26.2 Å². The third kappa shape index (κ3) is 8.81. The molecule has 0 aliphatic rings. The number of halogens is 1. The molecule has 3 aromatic rings. The number of hydrogen-bond acceptors (Lipinski definition) is 5. The first-order valence-corrected chi connectivity index (χ1v) is 15.8. The average molecular weight is 645 g/mol. The molecule has 0 aliphatic heterocycles. The van der Waals surface area contributed by atoms with Gasteiger partial charge in [-0.2, -0.15) is 0 Å². The number of amides is 2. The highest BCUT2D eigenvalue weighted by Gasteiger charge is 2.32. The third-order valence-electron chi connectivity index (χ3n) is 6.44. The van der Waals surface area contributed by atoms with Gasteiger partial charge in [-0.25, -0.2) is 8.42 Å². The van der Waals surface area contributed by atoms with E-state index in [1.54, 1.807) is 43.3 Å². The largest absolute Gasteiger partial charge is 0.494 e. The molecule has 2 amide bonds. The van der Waals surface area contributed by atoms with Crippen LogP contribution < -0.4 is 14.4 Å². The topological polar surface area (TPSA) is 96.0 Å². The van der Waals surface area contributed by atoms with Crippen LogP contribution in [0.2, 0.25) is 0 Å². The fourth-order valence-electron chi connectivity index (χ4n) is 4.06. The number of nitrogens with zero attached hydrogens (tertiary/aromatic N) is 2. The Balaban J connectivity index is 2.01. The Bertz CT molecular complexity index is 1410. The summed E-state index contributed by atoms with van der Waals surface area (Å²) in [5, 5.41) is 2.89. The molecule has 3 rings (SSSR count). The van der Waals surface area contributed by atoms with Crippen molar-refractivity contribution >= 4 is 43.5 Å². The van der Waals surface area contributed by atoms with Crippen molar-refractivity contribution in [2.75, 3.05) is 24.0 Å². The highest BCUT2D eigenvalue weighted by atomic mass is 79.9. The van der Waals surface area contributed by atoms with E-state index >= 15 is 0 Å². The zero-order valence-electron chi connectivity index (χ0n) is 24.1. The van der Waals surface area contributed by atoms with Crippen LogP contribution in [-0.4, -0.2) is 50.9 Å². The van der Waals surface area contributed by atoms with Crippen molar-refractivity contribution in [1.82, 2.24) is 10.2 Å². The van der Waals surface area contributed by atoms with Crippen LogP contribution in [0.3, 0.4) is 0 Å². The molecule has 0 bridgehead atoms. The van der Waals surface area contributed by atoms with Gasteiger partial charge in [0.25, 0.3) is 10.0 Å². The van der Waals surface area contributed by atoms with E-state index in [4.69, 9.17) is 4.74 Å². The molecular weight excluding hydrogens is 606 g/mol. The van der Waals surface area contributed by atoms with E-state index in [9.17, 15) is 18.0 Å². The van der Waals surface area contributed by atoms with Gasteiger partial charge < -0.3 is 15.0 Å². The van der Waals surface area contributed by atoms with Crippen molar-refractivity contribution in [3.8, 4) is 5.75 Å². The third-order valence-corrected chi connectivity index (χ3v) is 8.76. The van der Waals surface area contributed by atoms with Crippen LogP contribution in [0.5, 0.6) is 5.75 Å². The molecule has 0 aromatic heterocycles. The maximum absolute atomic E-state index is 14.0. The number of carbonyl (C=O) groups excluding carboxylic acids is 2. The highest BCUT2D eigenvalue weighted by Crippen LogP contribution is 2.27. The number of hydrogen-bond donors (Lipinski definition) is 1. The number of sulfonamides is 1. The smallest absolute Gasteiger partial charge is 0.264 e. The molecule has 41 heavy (non-hydrogen) atoms. The van der Waals surface area contributed by atoms with Gasteiger partial charge in [0, 0.05) is 17.6 Å². The molecule has 0 saturated carbocycles. The Labute approximate surface area is 251 Å². The van der Waals surface area contributed by atoms with Gasteiger partial charge in [-0.3, -0.25) is 13.9 Å². The van der Waals surface area contributed by atoms with Crippen LogP contribution in [0, 0.1) is 12.8 Å². The molecular formula is C31H38BrN3O5S. The molecule has 3 aromatic carbocycles. The summed E-state index contributed by atoms with van der Waals surface area (Å²) >= 11 is 3.42.